The second-order valence-corrected chi connectivity index (χ2v) is 5.89. The SMILES string of the molecule is CCNC(C)c1ccc(N2CCCC(C)CC2)cc1. The Labute approximate surface area is 118 Å². The second-order valence-electron chi connectivity index (χ2n) is 5.89. The lowest BCUT2D eigenvalue weighted by molar-refractivity contribution is 0.521. The first-order chi connectivity index (χ1) is 9.20. The van der Waals surface area contributed by atoms with Crippen LogP contribution in [0.25, 0.3) is 0 Å². The third-order valence-corrected chi connectivity index (χ3v) is 4.29. The smallest absolute Gasteiger partial charge is 0.0366 e. The zero-order valence-electron chi connectivity index (χ0n) is 12.7. The van der Waals surface area contributed by atoms with Crippen molar-refractivity contribution in [1.82, 2.24) is 5.32 Å². The van der Waals surface area contributed by atoms with E-state index in [1.54, 1.807) is 0 Å². The molecule has 1 heterocycles. The fourth-order valence-electron chi connectivity index (χ4n) is 2.92. The summed E-state index contributed by atoms with van der Waals surface area (Å²) in [5.41, 5.74) is 2.77. The Morgan fingerprint density at radius 2 is 1.95 bits per heavy atom. The van der Waals surface area contributed by atoms with Crippen molar-refractivity contribution in [3.8, 4) is 0 Å². The fraction of sp³-hybridized carbons (Fsp3) is 0.647. The van der Waals surface area contributed by atoms with Gasteiger partial charge in [0.25, 0.3) is 0 Å². The minimum Gasteiger partial charge on any atom is -0.372 e. The molecule has 2 unspecified atom stereocenters. The number of benzene rings is 1. The normalized spacial score (nSPS) is 22.1. The lowest BCUT2D eigenvalue weighted by Crippen LogP contribution is -2.24. The maximum Gasteiger partial charge on any atom is 0.0366 e. The van der Waals surface area contributed by atoms with Crippen LogP contribution in [0.3, 0.4) is 0 Å². The topological polar surface area (TPSA) is 15.3 Å². The molecule has 0 spiro atoms. The van der Waals surface area contributed by atoms with E-state index in [1.807, 2.05) is 0 Å². The van der Waals surface area contributed by atoms with Crippen molar-refractivity contribution in [2.45, 2.75) is 46.1 Å². The van der Waals surface area contributed by atoms with Gasteiger partial charge < -0.3 is 10.2 Å². The first-order valence-corrected chi connectivity index (χ1v) is 7.79. The highest BCUT2D eigenvalue weighted by Gasteiger charge is 2.14. The molecule has 19 heavy (non-hydrogen) atoms. The largest absolute Gasteiger partial charge is 0.372 e. The van der Waals surface area contributed by atoms with Crippen molar-refractivity contribution >= 4 is 5.69 Å². The predicted molar refractivity (Wildman–Crippen MR) is 83.8 cm³/mol. The average molecular weight is 260 g/mol. The van der Waals surface area contributed by atoms with Gasteiger partial charge in [-0.2, -0.15) is 0 Å². The molecule has 0 amide bonds. The zero-order chi connectivity index (χ0) is 13.7. The molecule has 0 bridgehead atoms. The third-order valence-electron chi connectivity index (χ3n) is 4.29. The molecule has 2 rings (SSSR count). The van der Waals surface area contributed by atoms with Gasteiger partial charge in [-0.05, 0) is 56.3 Å². The summed E-state index contributed by atoms with van der Waals surface area (Å²) in [4.78, 5) is 2.55. The van der Waals surface area contributed by atoms with Crippen molar-refractivity contribution in [2.75, 3.05) is 24.5 Å². The Bertz CT molecular complexity index is 371. The Hall–Kier alpha value is -1.02. The van der Waals surface area contributed by atoms with Crippen LogP contribution in [0.4, 0.5) is 5.69 Å². The number of rotatable bonds is 4. The quantitative estimate of drug-likeness (QED) is 0.881. The molecule has 0 aliphatic carbocycles. The van der Waals surface area contributed by atoms with Gasteiger partial charge in [0.15, 0.2) is 0 Å². The van der Waals surface area contributed by atoms with Gasteiger partial charge in [0, 0.05) is 24.8 Å². The van der Waals surface area contributed by atoms with Gasteiger partial charge in [0.05, 0.1) is 0 Å². The molecular formula is C17H28N2. The van der Waals surface area contributed by atoms with Crippen LogP contribution in [0, 0.1) is 5.92 Å². The van der Waals surface area contributed by atoms with E-state index in [9.17, 15) is 0 Å². The molecule has 0 aromatic heterocycles. The molecule has 2 heteroatoms. The summed E-state index contributed by atoms with van der Waals surface area (Å²) in [6, 6.07) is 9.58. The number of nitrogens with one attached hydrogen (secondary N) is 1. The van der Waals surface area contributed by atoms with Gasteiger partial charge in [-0.1, -0.05) is 26.0 Å². The first-order valence-electron chi connectivity index (χ1n) is 7.79. The van der Waals surface area contributed by atoms with Crippen LogP contribution in [0.2, 0.25) is 0 Å². The average Bonchev–Trinajstić information content (AvgIpc) is 2.64. The minimum absolute atomic E-state index is 0.447. The third kappa shape index (κ3) is 3.97. The highest BCUT2D eigenvalue weighted by molar-refractivity contribution is 5.48. The molecule has 2 nitrogen and oxygen atoms in total. The molecular weight excluding hydrogens is 232 g/mol. The van der Waals surface area contributed by atoms with Gasteiger partial charge in [0.1, 0.15) is 0 Å². The van der Waals surface area contributed by atoms with Crippen LogP contribution in [0.5, 0.6) is 0 Å². The monoisotopic (exact) mass is 260 g/mol. The van der Waals surface area contributed by atoms with E-state index in [-0.39, 0.29) is 0 Å². The summed E-state index contributed by atoms with van der Waals surface area (Å²) in [6.45, 7) is 10.2. The maximum absolute atomic E-state index is 3.46. The van der Waals surface area contributed by atoms with E-state index in [4.69, 9.17) is 0 Å². The predicted octanol–water partition coefficient (Wildman–Crippen LogP) is 3.98. The zero-order valence-corrected chi connectivity index (χ0v) is 12.7. The summed E-state index contributed by atoms with van der Waals surface area (Å²) in [5, 5.41) is 3.46. The number of nitrogens with zero attached hydrogens (tertiary/aromatic N) is 1. The van der Waals surface area contributed by atoms with Crippen LogP contribution in [0.1, 0.15) is 51.6 Å². The van der Waals surface area contributed by atoms with Crippen LogP contribution >= 0.6 is 0 Å². The van der Waals surface area contributed by atoms with Crippen LogP contribution < -0.4 is 10.2 Å². The highest BCUT2D eigenvalue weighted by atomic mass is 15.1. The van der Waals surface area contributed by atoms with Gasteiger partial charge >= 0.3 is 0 Å². The molecule has 1 fully saturated rings. The number of hydrogen-bond donors (Lipinski definition) is 1. The number of hydrogen-bond acceptors (Lipinski definition) is 2. The summed E-state index contributed by atoms with van der Waals surface area (Å²) in [7, 11) is 0. The van der Waals surface area contributed by atoms with Crippen molar-refractivity contribution in [3.05, 3.63) is 29.8 Å². The van der Waals surface area contributed by atoms with Gasteiger partial charge in [0.2, 0.25) is 0 Å². The molecule has 1 N–H and O–H groups in total. The van der Waals surface area contributed by atoms with Crippen LogP contribution in [-0.4, -0.2) is 19.6 Å². The maximum atomic E-state index is 3.46. The van der Waals surface area contributed by atoms with Crippen molar-refractivity contribution in [1.29, 1.82) is 0 Å². The Morgan fingerprint density at radius 1 is 1.21 bits per heavy atom. The molecule has 1 aliphatic rings. The van der Waals surface area contributed by atoms with Crippen molar-refractivity contribution < 1.29 is 0 Å². The second kappa shape index (κ2) is 6.95. The van der Waals surface area contributed by atoms with E-state index in [0.29, 0.717) is 6.04 Å². The van der Waals surface area contributed by atoms with E-state index in [0.717, 1.165) is 12.5 Å². The summed E-state index contributed by atoms with van der Waals surface area (Å²) < 4.78 is 0. The summed E-state index contributed by atoms with van der Waals surface area (Å²) in [6.07, 6.45) is 4.04. The first kappa shape index (κ1) is 14.4. The molecule has 1 aliphatic heterocycles. The summed E-state index contributed by atoms with van der Waals surface area (Å²) in [5.74, 6) is 0.887. The summed E-state index contributed by atoms with van der Waals surface area (Å²) >= 11 is 0. The van der Waals surface area contributed by atoms with Crippen LogP contribution in [-0.2, 0) is 0 Å². The van der Waals surface area contributed by atoms with E-state index < -0.39 is 0 Å². The Kier molecular flexibility index (Phi) is 5.26. The lowest BCUT2D eigenvalue weighted by atomic mass is 10.0. The molecule has 1 saturated heterocycles. The van der Waals surface area contributed by atoms with Gasteiger partial charge in [-0.3, -0.25) is 0 Å². The van der Waals surface area contributed by atoms with E-state index in [2.05, 4.69) is 55.3 Å². The Balaban J connectivity index is 2.01. The van der Waals surface area contributed by atoms with Gasteiger partial charge in [-0.15, -0.1) is 0 Å². The Morgan fingerprint density at radius 3 is 2.63 bits per heavy atom. The van der Waals surface area contributed by atoms with Crippen LogP contribution in [0.15, 0.2) is 24.3 Å². The highest BCUT2D eigenvalue weighted by Crippen LogP contribution is 2.24. The van der Waals surface area contributed by atoms with E-state index >= 15 is 0 Å². The molecule has 1 aromatic rings. The molecule has 0 radical (unpaired) electrons. The molecule has 2 atom stereocenters. The number of anilines is 1. The van der Waals surface area contributed by atoms with Crippen molar-refractivity contribution in [2.24, 2.45) is 5.92 Å². The standard InChI is InChI=1S/C17H28N2/c1-4-18-15(3)16-7-9-17(10-8-16)19-12-5-6-14(2)11-13-19/h7-10,14-15,18H,4-6,11-13H2,1-3H3. The molecule has 0 saturated carbocycles. The lowest BCUT2D eigenvalue weighted by Gasteiger charge is -2.23. The van der Waals surface area contributed by atoms with Gasteiger partial charge in [-0.25, -0.2) is 0 Å². The van der Waals surface area contributed by atoms with Crippen molar-refractivity contribution in [3.63, 3.8) is 0 Å². The molecule has 1 aromatic carbocycles. The van der Waals surface area contributed by atoms with E-state index in [1.165, 1.54) is 43.6 Å². The fourth-order valence-corrected chi connectivity index (χ4v) is 2.92. The minimum atomic E-state index is 0.447. The molecule has 106 valence electrons.